The molecular formula is C15H18O4. The highest BCUT2D eigenvalue weighted by molar-refractivity contribution is 5.98. The molecular weight excluding hydrogens is 244 g/mol. The molecule has 0 spiro atoms. The van der Waals surface area contributed by atoms with Crippen LogP contribution in [0.5, 0.6) is 11.5 Å². The summed E-state index contributed by atoms with van der Waals surface area (Å²) in [6.07, 6.45) is 4.90. The number of carbonyl (C=O) groups excluding carboxylic acids is 1. The molecule has 1 aliphatic rings. The van der Waals surface area contributed by atoms with E-state index in [0.29, 0.717) is 22.4 Å². The van der Waals surface area contributed by atoms with Gasteiger partial charge in [0.2, 0.25) is 0 Å². The number of ether oxygens (including phenoxy) is 2. The van der Waals surface area contributed by atoms with Crippen LogP contribution in [-0.2, 0) is 4.74 Å². The number of hydrogen-bond donors (Lipinski definition) is 1. The Morgan fingerprint density at radius 3 is 2.63 bits per heavy atom. The van der Waals surface area contributed by atoms with Crippen molar-refractivity contribution in [1.29, 1.82) is 0 Å². The Bertz CT molecular complexity index is 544. The topological polar surface area (TPSA) is 55.8 Å². The zero-order valence-electron chi connectivity index (χ0n) is 11.4. The molecule has 0 aromatic heterocycles. The quantitative estimate of drug-likeness (QED) is 0.850. The Labute approximate surface area is 112 Å². The molecule has 0 heterocycles. The first-order chi connectivity index (χ1) is 9.10. The zero-order valence-corrected chi connectivity index (χ0v) is 11.4. The maximum Gasteiger partial charge on any atom is 0.338 e. The number of hydrogen-bond acceptors (Lipinski definition) is 4. The summed E-state index contributed by atoms with van der Waals surface area (Å²) in [4.78, 5) is 11.9. The molecule has 2 rings (SSSR count). The molecule has 0 saturated carbocycles. The van der Waals surface area contributed by atoms with Gasteiger partial charge in [-0.2, -0.15) is 0 Å². The van der Waals surface area contributed by atoms with E-state index in [1.165, 1.54) is 14.2 Å². The molecule has 0 amide bonds. The molecule has 102 valence electrons. The average molecular weight is 262 g/mol. The normalized spacial score (nSPS) is 14.2. The van der Waals surface area contributed by atoms with Crippen LogP contribution in [0.4, 0.5) is 0 Å². The third-order valence-electron chi connectivity index (χ3n) is 3.41. The lowest BCUT2D eigenvalue weighted by Gasteiger charge is -2.16. The van der Waals surface area contributed by atoms with Crippen molar-refractivity contribution in [2.24, 2.45) is 0 Å². The van der Waals surface area contributed by atoms with Crippen molar-refractivity contribution in [2.75, 3.05) is 14.2 Å². The van der Waals surface area contributed by atoms with Crippen LogP contribution >= 0.6 is 0 Å². The number of methoxy groups -OCH3 is 2. The molecule has 1 aliphatic carbocycles. The van der Waals surface area contributed by atoms with Crippen LogP contribution in [0, 0.1) is 6.92 Å². The minimum atomic E-state index is -0.441. The van der Waals surface area contributed by atoms with E-state index in [1.54, 1.807) is 13.0 Å². The molecule has 0 radical (unpaired) electrons. The SMILES string of the molecule is COC(=O)c1cc(C)c(OC)c(O)c1C1=CCCC1. The Morgan fingerprint density at radius 2 is 2.11 bits per heavy atom. The summed E-state index contributed by atoms with van der Waals surface area (Å²) in [6, 6.07) is 1.71. The van der Waals surface area contributed by atoms with Crippen LogP contribution in [-0.4, -0.2) is 25.3 Å². The molecule has 4 heteroatoms. The van der Waals surface area contributed by atoms with Crippen molar-refractivity contribution in [2.45, 2.75) is 26.2 Å². The minimum absolute atomic E-state index is 0.0241. The number of allylic oxidation sites excluding steroid dienone is 2. The summed E-state index contributed by atoms with van der Waals surface area (Å²) in [5.74, 6) is -0.00430. The maximum atomic E-state index is 11.9. The highest BCUT2D eigenvalue weighted by atomic mass is 16.5. The summed E-state index contributed by atoms with van der Waals surface area (Å²) in [6.45, 7) is 1.79. The lowest BCUT2D eigenvalue weighted by atomic mass is 9.95. The molecule has 0 atom stereocenters. The van der Waals surface area contributed by atoms with Gasteiger partial charge in [-0.05, 0) is 43.4 Å². The molecule has 4 nitrogen and oxygen atoms in total. The van der Waals surface area contributed by atoms with E-state index >= 15 is 0 Å². The van der Waals surface area contributed by atoms with Gasteiger partial charge in [-0.25, -0.2) is 4.79 Å². The molecule has 0 saturated heterocycles. The highest BCUT2D eigenvalue weighted by Gasteiger charge is 2.24. The van der Waals surface area contributed by atoms with E-state index in [0.717, 1.165) is 24.8 Å². The van der Waals surface area contributed by atoms with Gasteiger partial charge < -0.3 is 14.6 Å². The van der Waals surface area contributed by atoms with E-state index in [-0.39, 0.29) is 5.75 Å². The largest absolute Gasteiger partial charge is 0.504 e. The third-order valence-corrected chi connectivity index (χ3v) is 3.41. The first-order valence-electron chi connectivity index (χ1n) is 6.28. The molecule has 0 bridgehead atoms. The first-order valence-corrected chi connectivity index (χ1v) is 6.28. The Hall–Kier alpha value is -1.97. The summed E-state index contributed by atoms with van der Waals surface area (Å²) in [5, 5.41) is 10.4. The van der Waals surface area contributed by atoms with Gasteiger partial charge in [0.15, 0.2) is 11.5 Å². The van der Waals surface area contributed by atoms with Gasteiger partial charge in [0.1, 0.15) is 0 Å². The van der Waals surface area contributed by atoms with Crippen molar-refractivity contribution < 1.29 is 19.4 Å². The molecule has 1 N–H and O–H groups in total. The van der Waals surface area contributed by atoms with Gasteiger partial charge in [-0.15, -0.1) is 0 Å². The fourth-order valence-electron chi connectivity index (χ4n) is 2.53. The van der Waals surface area contributed by atoms with E-state index in [1.807, 2.05) is 0 Å². The number of rotatable bonds is 3. The van der Waals surface area contributed by atoms with Crippen LogP contribution in [0.1, 0.15) is 40.7 Å². The lowest BCUT2D eigenvalue weighted by Crippen LogP contribution is -2.07. The van der Waals surface area contributed by atoms with Crippen LogP contribution in [0.2, 0.25) is 0 Å². The molecule has 0 fully saturated rings. The maximum absolute atomic E-state index is 11.9. The number of esters is 1. The molecule has 0 aliphatic heterocycles. The predicted octanol–water partition coefficient (Wildman–Crippen LogP) is 3.06. The smallest absolute Gasteiger partial charge is 0.338 e. The Kier molecular flexibility index (Phi) is 3.79. The standard InChI is InChI=1S/C15H18O4/c1-9-8-11(15(17)19-3)12(10-6-4-5-7-10)13(16)14(9)18-2/h6,8,16H,4-5,7H2,1-3H3. The van der Waals surface area contributed by atoms with Crippen LogP contribution in [0.25, 0.3) is 5.57 Å². The second-order valence-corrected chi connectivity index (χ2v) is 4.61. The van der Waals surface area contributed by atoms with Crippen LogP contribution < -0.4 is 4.74 Å². The minimum Gasteiger partial charge on any atom is -0.504 e. The number of phenols is 1. The van der Waals surface area contributed by atoms with Crippen LogP contribution in [0.15, 0.2) is 12.1 Å². The third kappa shape index (κ3) is 2.30. The summed E-state index contributed by atoms with van der Waals surface area (Å²) < 4.78 is 10.0. The lowest BCUT2D eigenvalue weighted by molar-refractivity contribution is 0.0599. The van der Waals surface area contributed by atoms with Crippen molar-refractivity contribution in [3.63, 3.8) is 0 Å². The number of phenolic OH excluding ortho intramolecular Hbond substituents is 1. The zero-order chi connectivity index (χ0) is 14.0. The summed E-state index contributed by atoms with van der Waals surface area (Å²) in [5.41, 5.74) is 2.64. The molecule has 1 aromatic rings. The van der Waals surface area contributed by atoms with Gasteiger partial charge in [0.25, 0.3) is 0 Å². The predicted molar refractivity (Wildman–Crippen MR) is 72.6 cm³/mol. The van der Waals surface area contributed by atoms with E-state index in [9.17, 15) is 9.90 Å². The Balaban J connectivity index is 2.68. The number of carbonyl (C=O) groups is 1. The van der Waals surface area contributed by atoms with Crippen molar-refractivity contribution in [3.8, 4) is 11.5 Å². The van der Waals surface area contributed by atoms with E-state index in [4.69, 9.17) is 9.47 Å². The van der Waals surface area contributed by atoms with Gasteiger partial charge in [0.05, 0.1) is 19.8 Å². The number of aromatic hydroxyl groups is 1. The van der Waals surface area contributed by atoms with Crippen molar-refractivity contribution in [3.05, 3.63) is 28.8 Å². The monoisotopic (exact) mass is 262 g/mol. The fraction of sp³-hybridized carbons (Fsp3) is 0.400. The van der Waals surface area contributed by atoms with Gasteiger partial charge >= 0.3 is 5.97 Å². The fourth-order valence-corrected chi connectivity index (χ4v) is 2.53. The molecule has 19 heavy (non-hydrogen) atoms. The summed E-state index contributed by atoms with van der Waals surface area (Å²) in [7, 11) is 2.85. The van der Waals surface area contributed by atoms with Gasteiger partial charge in [0, 0.05) is 5.56 Å². The number of benzene rings is 1. The second-order valence-electron chi connectivity index (χ2n) is 4.61. The van der Waals surface area contributed by atoms with E-state index < -0.39 is 5.97 Å². The first kappa shape index (κ1) is 13.5. The highest BCUT2D eigenvalue weighted by Crippen LogP contribution is 2.43. The van der Waals surface area contributed by atoms with Crippen molar-refractivity contribution >= 4 is 11.5 Å². The summed E-state index contributed by atoms with van der Waals surface area (Å²) >= 11 is 0. The van der Waals surface area contributed by atoms with Crippen LogP contribution in [0.3, 0.4) is 0 Å². The van der Waals surface area contributed by atoms with Crippen molar-refractivity contribution in [1.82, 2.24) is 0 Å². The van der Waals surface area contributed by atoms with Gasteiger partial charge in [-0.3, -0.25) is 0 Å². The second kappa shape index (κ2) is 5.34. The average Bonchev–Trinajstić information content (AvgIpc) is 2.91. The molecule has 0 unspecified atom stereocenters. The van der Waals surface area contributed by atoms with Gasteiger partial charge in [-0.1, -0.05) is 6.08 Å². The van der Waals surface area contributed by atoms with E-state index in [2.05, 4.69) is 6.08 Å². The Morgan fingerprint density at radius 1 is 1.37 bits per heavy atom. The number of aryl methyl sites for hydroxylation is 1. The molecule has 1 aromatic carbocycles.